The lowest BCUT2D eigenvalue weighted by molar-refractivity contribution is -0.144. The van der Waals surface area contributed by atoms with Gasteiger partial charge in [0.1, 0.15) is 5.75 Å². The minimum Gasteiger partial charge on any atom is -0.497 e. The van der Waals surface area contributed by atoms with Crippen molar-refractivity contribution < 1.29 is 14.3 Å². The predicted octanol–water partition coefficient (Wildman–Crippen LogP) is 1.70. The fourth-order valence-corrected chi connectivity index (χ4v) is 2.17. The number of carbonyl (C=O) groups is 1. The number of benzene rings is 1. The number of hydrogen-bond acceptors (Lipinski definition) is 5. The fraction of sp³-hybridized carbons (Fsp3) is 0.562. The summed E-state index contributed by atoms with van der Waals surface area (Å²) in [6.45, 7) is 3.21. The normalized spacial score (nSPS) is 13.8. The predicted molar refractivity (Wildman–Crippen MR) is 83.5 cm³/mol. The highest BCUT2D eigenvalue weighted by molar-refractivity contribution is 5.72. The summed E-state index contributed by atoms with van der Waals surface area (Å²) >= 11 is 0. The molecule has 0 aromatic heterocycles. The minimum absolute atomic E-state index is 0.150. The highest BCUT2D eigenvalue weighted by Crippen LogP contribution is 2.22. The Hall–Kier alpha value is -1.59. The van der Waals surface area contributed by atoms with Crippen molar-refractivity contribution in [3.8, 4) is 5.75 Å². The monoisotopic (exact) mass is 294 g/mol. The SMILES string of the molecule is COC(=O)C(C)CNCC(c1cccc(OC)c1)N(C)C. The highest BCUT2D eigenvalue weighted by atomic mass is 16.5. The lowest BCUT2D eigenvalue weighted by atomic mass is 10.1. The van der Waals surface area contributed by atoms with Gasteiger partial charge in [0, 0.05) is 19.1 Å². The van der Waals surface area contributed by atoms with E-state index in [1.54, 1.807) is 7.11 Å². The Balaban J connectivity index is 2.64. The molecule has 0 aliphatic rings. The van der Waals surface area contributed by atoms with Crippen molar-refractivity contribution in [1.82, 2.24) is 10.2 Å². The average Bonchev–Trinajstić information content (AvgIpc) is 2.50. The van der Waals surface area contributed by atoms with Gasteiger partial charge in [0.05, 0.1) is 20.1 Å². The third kappa shape index (κ3) is 5.36. The van der Waals surface area contributed by atoms with E-state index >= 15 is 0 Å². The summed E-state index contributed by atoms with van der Waals surface area (Å²) in [5.41, 5.74) is 1.18. The Morgan fingerprint density at radius 1 is 1.29 bits per heavy atom. The molecule has 5 heteroatoms. The van der Waals surface area contributed by atoms with Crippen LogP contribution in [0.5, 0.6) is 5.75 Å². The van der Waals surface area contributed by atoms with Crippen molar-refractivity contribution in [2.24, 2.45) is 5.92 Å². The quantitative estimate of drug-likeness (QED) is 0.740. The molecule has 0 heterocycles. The highest BCUT2D eigenvalue weighted by Gasteiger charge is 2.17. The molecule has 0 aliphatic heterocycles. The van der Waals surface area contributed by atoms with Gasteiger partial charge >= 0.3 is 5.97 Å². The summed E-state index contributed by atoms with van der Waals surface area (Å²) in [6.07, 6.45) is 0. The van der Waals surface area contributed by atoms with E-state index in [4.69, 9.17) is 9.47 Å². The molecular formula is C16H26N2O3. The van der Waals surface area contributed by atoms with Crippen molar-refractivity contribution in [2.75, 3.05) is 41.4 Å². The molecule has 0 saturated heterocycles. The van der Waals surface area contributed by atoms with Crippen LogP contribution in [0.25, 0.3) is 0 Å². The summed E-state index contributed by atoms with van der Waals surface area (Å²) in [4.78, 5) is 13.5. The molecule has 1 aromatic rings. The van der Waals surface area contributed by atoms with E-state index in [0.29, 0.717) is 6.54 Å². The van der Waals surface area contributed by atoms with Gasteiger partial charge in [-0.3, -0.25) is 4.79 Å². The van der Waals surface area contributed by atoms with Crippen molar-refractivity contribution >= 4 is 5.97 Å². The smallest absolute Gasteiger partial charge is 0.309 e. The van der Waals surface area contributed by atoms with Gasteiger partial charge in [-0.2, -0.15) is 0 Å². The first-order valence-electron chi connectivity index (χ1n) is 7.08. The Bertz CT molecular complexity index is 449. The van der Waals surface area contributed by atoms with E-state index in [9.17, 15) is 4.79 Å². The van der Waals surface area contributed by atoms with Gasteiger partial charge in [-0.25, -0.2) is 0 Å². The molecule has 0 spiro atoms. The molecule has 0 saturated carbocycles. The molecule has 1 rings (SSSR count). The summed E-state index contributed by atoms with van der Waals surface area (Å²) in [5.74, 6) is 0.510. The maximum Gasteiger partial charge on any atom is 0.309 e. The molecule has 0 radical (unpaired) electrons. The van der Waals surface area contributed by atoms with E-state index in [0.717, 1.165) is 12.3 Å². The van der Waals surface area contributed by atoms with Gasteiger partial charge in [-0.1, -0.05) is 19.1 Å². The second-order valence-corrected chi connectivity index (χ2v) is 5.34. The zero-order chi connectivity index (χ0) is 15.8. The molecule has 118 valence electrons. The average molecular weight is 294 g/mol. The third-order valence-corrected chi connectivity index (χ3v) is 3.49. The van der Waals surface area contributed by atoms with Gasteiger partial charge < -0.3 is 19.7 Å². The second kappa shape index (κ2) is 8.64. The van der Waals surface area contributed by atoms with Crippen molar-refractivity contribution in [3.63, 3.8) is 0 Å². The maximum atomic E-state index is 11.4. The van der Waals surface area contributed by atoms with Crippen LogP contribution in [0.3, 0.4) is 0 Å². The minimum atomic E-state index is -0.190. The molecule has 0 bridgehead atoms. The van der Waals surface area contributed by atoms with Gasteiger partial charge in [0.15, 0.2) is 0 Å². The van der Waals surface area contributed by atoms with Crippen LogP contribution in [0.1, 0.15) is 18.5 Å². The molecule has 1 aromatic carbocycles. The van der Waals surface area contributed by atoms with E-state index in [-0.39, 0.29) is 17.9 Å². The fourth-order valence-electron chi connectivity index (χ4n) is 2.17. The second-order valence-electron chi connectivity index (χ2n) is 5.34. The lowest BCUT2D eigenvalue weighted by Crippen LogP contribution is -2.35. The topological polar surface area (TPSA) is 50.8 Å². The number of rotatable bonds is 8. The molecule has 2 unspecified atom stereocenters. The Labute approximate surface area is 127 Å². The van der Waals surface area contributed by atoms with Gasteiger partial charge in [0.25, 0.3) is 0 Å². The number of nitrogens with zero attached hydrogens (tertiary/aromatic N) is 1. The van der Waals surface area contributed by atoms with Crippen LogP contribution in [0.15, 0.2) is 24.3 Å². The number of esters is 1. The van der Waals surface area contributed by atoms with Crippen LogP contribution in [0.2, 0.25) is 0 Å². The Morgan fingerprint density at radius 3 is 2.57 bits per heavy atom. The zero-order valence-electron chi connectivity index (χ0n) is 13.6. The van der Waals surface area contributed by atoms with Crippen molar-refractivity contribution in [1.29, 1.82) is 0 Å². The number of ether oxygens (including phenoxy) is 2. The van der Waals surface area contributed by atoms with Crippen molar-refractivity contribution in [3.05, 3.63) is 29.8 Å². The first-order valence-corrected chi connectivity index (χ1v) is 7.08. The number of methoxy groups -OCH3 is 2. The first kappa shape index (κ1) is 17.5. The number of likely N-dealkylation sites (N-methyl/N-ethyl adjacent to an activating group) is 1. The van der Waals surface area contributed by atoms with Crippen LogP contribution in [0.4, 0.5) is 0 Å². The number of carbonyl (C=O) groups excluding carboxylic acids is 1. The number of hydrogen-bond donors (Lipinski definition) is 1. The van der Waals surface area contributed by atoms with Crippen LogP contribution >= 0.6 is 0 Å². The third-order valence-electron chi connectivity index (χ3n) is 3.49. The van der Waals surface area contributed by atoms with Crippen LogP contribution in [0, 0.1) is 5.92 Å². The van der Waals surface area contributed by atoms with Crippen molar-refractivity contribution in [2.45, 2.75) is 13.0 Å². The molecular weight excluding hydrogens is 268 g/mol. The van der Waals surface area contributed by atoms with Crippen LogP contribution in [-0.4, -0.2) is 52.3 Å². The summed E-state index contributed by atoms with van der Waals surface area (Å²) in [5, 5.41) is 3.33. The van der Waals surface area contributed by atoms with Crippen LogP contribution in [-0.2, 0) is 9.53 Å². The molecule has 1 N–H and O–H groups in total. The number of nitrogens with one attached hydrogen (secondary N) is 1. The molecule has 2 atom stereocenters. The molecule has 0 amide bonds. The van der Waals surface area contributed by atoms with E-state index in [2.05, 4.69) is 16.3 Å². The Kier molecular flexibility index (Phi) is 7.19. The summed E-state index contributed by atoms with van der Waals surface area (Å²) in [6, 6.07) is 8.25. The van der Waals surface area contributed by atoms with Gasteiger partial charge in [-0.05, 0) is 31.8 Å². The van der Waals surface area contributed by atoms with Gasteiger partial charge in [-0.15, -0.1) is 0 Å². The standard InChI is InChI=1S/C16H26N2O3/c1-12(16(19)21-5)10-17-11-15(18(2)3)13-7-6-8-14(9-13)20-4/h6-9,12,15,17H,10-11H2,1-5H3. The molecule has 0 fully saturated rings. The van der Waals surface area contributed by atoms with Gasteiger partial charge in [0.2, 0.25) is 0 Å². The largest absolute Gasteiger partial charge is 0.497 e. The van der Waals surface area contributed by atoms with Crippen LogP contribution < -0.4 is 10.1 Å². The Morgan fingerprint density at radius 2 is 2.00 bits per heavy atom. The first-order chi connectivity index (χ1) is 9.99. The summed E-state index contributed by atoms with van der Waals surface area (Å²) < 4.78 is 10.00. The summed E-state index contributed by atoms with van der Waals surface area (Å²) in [7, 11) is 7.16. The molecule has 5 nitrogen and oxygen atoms in total. The van der Waals surface area contributed by atoms with E-state index < -0.39 is 0 Å². The molecule has 0 aliphatic carbocycles. The zero-order valence-corrected chi connectivity index (χ0v) is 13.6. The van der Waals surface area contributed by atoms with E-state index in [1.807, 2.05) is 39.2 Å². The maximum absolute atomic E-state index is 11.4. The lowest BCUT2D eigenvalue weighted by Gasteiger charge is -2.26. The molecule has 21 heavy (non-hydrogen) atoms. The van der Waals surface area contributed by atoms with E-state index in [1.165, 1.54) is 12.7 Å².